The van der Waals surface area contributed by atoms with Crippen LogP contribution < -0.4 is 10.2 Å². The fourth-order valence-corrected chi connectivity index (χ4v) is 2.45. The number of nitrogens with zero attached hydrogens (tertiary/aromatic N) is 1. The van der Waals surface area contributed by atoms with E-state index in [2.05, 4.69) is 11.9 Å². The Morgan fingerprint density at radius 2 is 2.20 bits per heavy atom. The van der Waals surface area contributed by atoms with Crippen LogP contribution in [-0.2, 0) is 4.79 Å². The van der Waals surface area contributed by atoms with Crippen LogP contribution in [0.15, 0.2) is 36.9 Å². The first-order valence-corrected chi connectivity index (χ1v) is 6.60. The van der Waals surface area contributed by atoms with Gasteiger partial charge in [0.1, 0.15) is 0 Å². The van der Waals surface area contributed by atoms with E-state index in [1.54, 1.807) is 11.0 Å². The summed E-state index contributed by atoms with van der Waals surface area (Å²) >= 11 is 0. The van der Waals surface area contributed by atoms with E-state index in [9.17, 15) is 9.59 Å². The second-order valence-corrected chi connectivity index (χ2v) is 4.77. The maximum absolute atomic E-state index is 12.1. The first-order chi connectivity index (χ1) is 9.63. The molecule has 1 heterocycles. The number of carboxylic acids is 1. The number of amides is 2. The van der Waals surface area contributed by atoms with E-state index in [1.165, 1.54) is 0 Å². The van der Waals surface area contributed by atoms with Crippen LogP contribution in [0.25, 0.3) is 0 Å². The molecule has 2 rings (SSSR count). The van der Waals surface area contributed by atoms with E-state index in [1.807, 2.05) is 24.3 Å². The summed E-state index contributed by atoms with van der Waals surface area (Å²) in [6, 6.07) is 7.27. The molecule has 5 nitrogen and oxygen atoms in total. The fourth-order valence-electron chi connectivity index (χ4n) is 2.45. The molecule has 5 heteroatoms. The maximum atomic E-state index is 12.1. The number of carboxylic acid groups (broad SMARTS) is 1. The van der Waals surface area contributed by atoms with Crippen molar-refractivity contribution in [1.29, 1.82) is 0 Å². The third-order valence-electron chi connectivity index (χ3n) is 3.36. The summed E-state index contributed by atoms with van der Waals surface area (Å²) in [5, 5.41) is 11.8. The minimum absolute atomic E-state index is 0.0352. The minimum atomic E-state index is -0.848. The van der Waals surface area contributed by atoms with E-state index in [4.69, 9.17) is 5.11 Å². The van der Waals surface area contributed by atoms with Gasteiger partial charge in [0.2, 0.25) is 0 Å². The molecule has 1 atom stereocenters. The van der Waals surface area contributed by atoms with Crippen LogP contribution in [0.5, 0.6) is 0 Å². The number of carbonyl (C=O) groups is 2. The van der Waals surface area contributed by atoms with Gasteiger partial charge < -0.3 is 10.4 Å². The van der Waals surface area contributed by atoms with Crippen molar-refractivity contribution in [3.05, 3.63) is 42.5 Å². The summed E-state index contributed by atoms with van der Waals surface area (Å²) in [6.45, 7) is 4.55. The molecule has 1 unspecified atom stereocenters. The summed E-state index contributed by atoms with van der Waals surface area (Å²) in [4.78, 5) is 24.7. The molecule has 1 aliphatic heterocycles. The Labute approximate surface area is 117 Å². The molecular weight excluding hydrogens is 256 g/mol. The summed E-state index contributed by atoms with van der Waals surface area (Å²) < 4.78 is 0. The quantitative estimate of drug-likeness (QED) is 0.639. The average molecular weight is 274 g/mol. The molecule has 2 N–H and O–H groups in total. The number of hydrogen-bond acceptors (Lipinski definition) is 2. The molecular formula is C15H18N2O3. The van der Waals surface area contributed by atoms with Crippen molar-refractivity contribution >= 4 is 17.7 Å². The highest BCUT2D eigenvalue weighted by molar-refractivity contribution is 5.95. The normalized spacial score (nSPS) is 16.6. The number of carbonyl (C=O) groups excluding carboxylic acids is 1. The first-order valence-electron chi connectivity index (χ1n) is 6.60. The third kappa shape index (κ3) is 2.99. The summed E-state index contributed by atoms with van der Waals surface area (Å²) in [7, 11) is 0. The number of rotatable bonds is 5. The van der Waals surface area contributed by atoms with Crippen molar-refractivity contribution in [2.75, 3.05) is 18.0 Å². The Hall–Kier alpha value is -2.30. The van der Waals surface area contributed by atoms with Crippen LogP contribution in [0.1, 0.15) is 24.3 Å². The summed E-state index contributed by atoms with van der Waals surface area (Å²) in [5.41, 5.74) is 1.73. The van der Waals surface area contributed by atoms with Crippen molar-refractivity contribution in [2.45, 2.75) is 18.8 Å². The molecule has 0 aliphatic carbocycles. The van der Waals surface area contributed by atoms with Crippen molar-refractivity contribution in [1.82, 2.24) is 5.32 Å². The topological polar surface area (TPSA) is 69.6 Å². The largest absolute Gasteiger partial charge is 0.481 e. The zero-order valence-corrected chi connectivity index (χ0v) is 11.2. The number of para-hydroxylation sites is 1. The second-order valence-electron chi connectivity index (χ2n) is 4.77. The molecule has 0 saturated carbocycles. The van der Waals surface area contributed by atoms with E-state index >= 15 is 0 Å². The number of anilines is 1. The molecule has 2 amide bonds. The smallest absolute Gasteiger partial charge is 0.321 e. The zero-order valence-electron chi connectivity index (χ0n) is 11.2. The number of urea groups is 1. The number of hydrogen-bond donors (Lipinski definition) is 2. The lowest BCUT2D eigenvalue weighted by Gasteiger charge is -2.18. The third-order valence-corrected chi connectivity index (χ3v) is 3.36. The van der Waals surface area contributed by atoms with Crippen molar-refractivity contribution in [3.63, 3.8) is 0 Å². The van der Waals surface area contributed by atoms with Crippen LogP contribution >= 0.6 is 0 Å². The maximum Gasteiger partial charge on any atom is 0.321 e. The molecule has 0 fully saturated rings. The van der Waals surface area contributed by atoms with Gasteiger partial charge in [0.15, 0.2) is 0 Å². The number of benzene rings is 1. The number of aliphatic carboxylic acids is 1. The Kier molecular flexibility index (Phi) is 4.40. The molecule has 1 aliphatic rings. The van der Waals surface area contributed by atoms with Gasteiger partial charge in [-0.15, -0.1) is 6.58 Å². The molecule has 106 valence electrons. The standard InChI is InChI=1S/C15H18N2O3/c1-2-3-8-16-15(20)17-10-11(9-14(18)19)12-6-4-5-7-13(12)17/h2,4-7,11H,1,3,8-10H2,(H,16,20)(H,18,19). The van der Waals surface area contributed by atoms with E-state index in [-0.39, 0.29) is 18.4 Å². The van der Waals surface area contributed by atoms with Gasteiger partial charge in [-0.05, 0) is 18.1 Å². The zero-order chi connectivity index (χ0) is 14.5. The van der Waals surface area contributed by atoms with Gasteiger partial charge in [-0.25, -0.2) is 4.79 Å². The van der Waals surface area contributed by atoms with Gasteiger partial charge in [0.05, 0.1) is 6.42 Å². The lowest BCUT2D eigenvalue weighted by Crippen LogP contribution is -2.39. The first kappa shape index (κ1) is 14.1. The average Bonchev–Trinajstić information content (AvgIpc) is 2.78. The van der Waals surface area contributed by atoms with Crippen LogP contribution in [-0.4, -0.2) is 30.2 Å². The Bertz CT molecular complexity index is 528. The predicted octanol–water partition coefficient (Wildman–Crippen LogP) is 2.35. The van der Waals surface area contributed by atoms with Crippen molar-refractivity contribution in [2.24, 2.45) is 0 Å². The second kappa shape index (κ2) is 6.23. The van der Waals surface area contributed by atoms with Gasteiger partial charge in [-0.2, -0.15) is 0 Å². The van der Waals surface area contributed by atoms with Crippen LogP contribution in [0.2, 0.25) is 0 Å². The van der Waals surface area contributed by atoms with Crippen LogP contribution in [0.3, 0.4) is 0 Å². The Balaban J connectivity index is 2.14. The minimum Gasteiger partial charge on any atom is -0.481 e. The Morgan fingerprint density at radius 3 is 2.90 bits per heavy atom. The summed E-state index contributed by atoms with van der Waals surface area (Å²) in [6.07, 6.45) is 2.48. The monoisotopic (exact) mass is 274 g/mol. The summed E-state index contributed by atoms with van der Waals surface area (Å²) in [5.74, 6) is -0.993. The van der Waals surface area contributed by atoms with Crippen LogP contribution in [0.4, 0.5) is 10.5 Å². The molecule has 0 aromatic heterocycles. The van der Waals surface area contributed by atoms with Gasteiger partial charge in [0.25, 0.3) is 0 Å². The van der Waals surface area contributed by atoms with Crippen molar-refractivity contribution in [3.8, 4) is 0 Å². The highest BCUT2D eigenvalue weighted by Crippen LogP contribution is 2.37. The molecule has 1 aromatic rings. The SMILES string of the molecule is C=CCCNC(=O)N1CC(CC(=O)O)c2ccccc21. The Morgan fingerprint density at radius 1 is 1.45 bits per heavy atom. The van der Waals surface area contributed by atoms with Crippen LogP contribution in [0, 0.1) is 0 Å². The molecule has 1 aromatic carbocycles. The van der Waals surface area contributed by atoms with E-state index in [0.717, 1.165) is 11.3 Å². The van der Waals surface area contributed by atoms with E-state index < -0.39 is 5.97 Å². The highest BCUT2D eigenvalue weighted by atomic mass is 16.4. The fraction of sp³-hybridized carbons (Fsp3) is 0.333. The number of fused-ring (bicyclic) bond motifs is 1. The lowest BCUT2D eigenvalue weighted by molar-refractivity contribution is -0.137. The lowest BCUT2D eigenvalue weighted by atomic mass is 9.98. The number of nitrogens with one attached hydrogen (secondary N) is 1. The highest BCUT2D eigenvalue weighted by Gasteiger charge is 2.33. The molecule has 0 spiro atoms. The van der Waals surface area contributed by atoms with Gasteiger partial charge >= 0.3 is 12.0 Å². The molecule has 20 heavy (non-hydrogen) atoms. The molecule has 0 radical (unpaired) electrons. The molecule has 0 bridgehead atoms. The van der Waals surface area contributed by atoms with E-state index in [0.29, 0.717) is 19.5 Å². The molecule has 0 saturated heterocycles. The van der Waals surface area contributed by atoms with Crippen molar-refractivity contribution < 1.29 is 14.7 Å². The van der Waals surface area contributed by atoms with Gasteiger partial charge in [0, 0.05) is 24.7 Å². The van der Waals surface area contributed by atoms with Gasteiger partial charge in [-0.1, -0.05) is 24.3 Å². The predicted molar refractivity (Wildman–Crippen MR) is 77.0 cm³/mol. The van der Waals surface area contributed by atoms with Gasteiger partial charge in [-0.3, -0.25) is 9.69 Å².